The van der Waals surface area contributed by atoms with Gasteiger partial charge in [-0.25, -0.2) is 0 Å². The third kappa shape index (κ3) is 3.59. The summed E-state index contributed by atoms with van der Waals surface area (Å²) in [6, 6.07) is 15.0. The van der Waals surface area contributed by atoms with Crippen molar-refractivity contribution < 1.29 is 0 Å². The highest BCUT2D eigenvalue weighted by Crippen LogP contribution is 2.26. The molecule has 0 aliphatic heterocycles. The molecule has 1 nitrogen and oxygen atoms in total. The van der Waals surface area contributed by atoms with E-state index in [1.165, 1.54) is 22.3 Å². The van der Waals surface area contributed by atoms with Crippen LogP contribution >= 0.6 is 11.6 Å². The van der Waals surface area contributed by atoms with Gasteiger partial charge in [0.2, 0.25) is 0 Å². The van der Waals surface area contributed by atoms with Crippen molar-refractivity contribution in [2.45, 2.75) is 26.8 Å². The second-order valence-corrected chi connectivity index (χ2v) is 5.40. The molecule has 1 atom stereocenters. The lowest BCUT2D eigenvalue weighted by atomic mass is 9.96. The van der Waals surface area contributed by atoms with Crippen molar-refractivity contribution >= 4 is 11.6 Å². The Hall–Kier alpha value is -1.31. The normalized spacial score (nSPS) is 12.4. The molecule has 0 spiro atoms. The van der Waals surface area contributed by atoms with Crippen molar-refractivity contribution in [3.05, 3.63) is 69.7 Å². The molecule has 100 valence electrons. The molecule has 0 aromatic heterocycles. The molecule has 0 fully saturated rings. The average molecular weight is 274 g/mol. The van der Waals surface area contributed by atoms with Crippen LogP contribution in [0.3, 0.4) is 0 Å². The van der Waals surface area contributed by atoms with Gasteiger partial charge < -0.3 is 5.32 Å². The highest BCUT2D eigenvalue weighted by atomic mass is 35.5. The van der Waals surface area contributed by atoms with Gasteiger partial charge in [0.25, 0.3) is 0 Å². The van der Waals surface area contributed by atoms with Crippen molar-refractivity contribution in [1.29, 1.82) is 0 Å². The highest BCUT2D eigenvalue weighted by Gasteiger charge is 2.13. The fraction of sp³-hybridized carbons (Fsp3) is 0.294. The first-order chi connectivity index (χ1) is 9.10. The van der Waals surface area contributed by atoms with Crippen LogP contribution < -0.4 is 5.32 Å². The Morgan fingerprint density at radius 1 is 1.00 bits per heavy atom. The van der Waals surface area contributed by atoms with E-state index in [1.54, 1.807) is 0 Å². The molecule has 1 unspecified atom stereocenters. The smallest absolute Gasteiger partial charge is 0.0577 e. The quantitative estimate of drug-likeness (QED) is 0.855. The van der Waals surface area contributed by atoms with E-state index in [0.717, 1.165) is 11.6 Å². The molecule has 0 saturated carbocycles. The van der Waals surface area contributed by atoms with Gasteiger partial charge in [-0.1, -0.05) is 54.4 Å². The van der Waals surface area contributed by atoms with Gasteiger partial charge in [-0.2, -0.15) is 0 Å². The standard InChI is InChI=1S/C17H20ClN/c1-4-19-17(14-7-5-6-12(2)8-14)15-9-13(3)10-16(18)11-15/h5-11,17,19H,4H2,1-3H3. The molecule has 19 heavy (non-hydrogen) atoms. The molecule has 2 heteroatoms. The predicted molar refractivity (Wildman–Crippen MR) is 82.9 cm³/mol. The van der Waals surface area contributed by atoms with Crippen LogP contribution in [-0.4, -0.2) is 6.54 Å². The first-order valence-electron chi connectivity index (χ1n) is 6.67. The second kappa shape index (κ2) is 6.23. The Kier molecular flexibility index (Phi) is 4.62. The van der Waals surface area contributed by atoms with Crippen LogP contribution in [0.4, 0.5) is 0 Å². The molecule has 2 aromatic rings. The Balaban J connectivity index is 2.44. The van der Waals surface area contributed by atoms with E-state index in [1.807, 2.05) is 12.1 Å². The molecule has 0 amide bonds. The molecule has 0 heterocycles. The van der Waals surface area contributed by atoms with E-state index >= 15 is 0 Å². The Morgan fingerprint density at radius 2 is 1.74 bits per heavy atom. The van der Waals surface area contributed by atoms with Crippen LogP contribution in [0.1, 0.15) is 35.2 Å². The van der Waals surface area contributed by atoms with Gasteiger partial charge in [0.1, 0.15) is 0 Å². The van der Waals surface area contributed by atoms with Crippen molar-refractivity contribution in [3.63, 3.8) is 0 Å². The van der Waals surface area contributed by atoms with Crippen LogP contribution in [0.25, 0.3) is 0 Å². The van der Waals surface area contributed by atoms with Crippen LogP contribution in [0.2, 0.25) is 5.02 Å². The van der Waals surface area contributed by atoms with Crippen molar-refractivity contribution in [1.82, 2.24) is 5.32 Å². The van der Waals surface area contributed by atoms with Gasteiger partial charge in [-0.05, 0) is 49.2 Å². The number of hydrogen-bond acceptors (Lipinski definition) is 1. The van der Waals surface area contributed by atoms with E-state index in [0.29, 0.717) is 0 Å². The highest BCUT2D eigenvalue weighted by molar-refractivity contribution is 6.30. The number of rotatable bonds is 4. The Morgan fingerprint density at radius 3 is 2.37 bits per heavy atom. The zero-order valence-electron chi connectivity index (χ0n) is 11.7. The van der Waals surface area contributed by atoms with Gasteiger partial charge in [0.05, 0.1) is 6.04 Å². The van der Waals surface area contributed by atoms with Crippen LogP contribution in [0.5, 0.6) is 0 Å². The van der Waals surface area contributed by atoms with E-state index in [2.05, 4.69) is 56.4 Å². The number of nitrogens with one attached hydrogen (secondary N) is 1. The predicted octanol–water partition coefficient (Wildman–Crippen LogP) is 4.66. The summed E-state index contributed by atoms with van der Waals surface area (Å²) in [5.74, 6) is 0. The summed E-state index contributed by atoms with van der Waals surface area (Å²) in [4.78, 5) is 0. The van der Waals surface area contributed by atoms with Crippen molar-refractivity contribution in [2.75, 3.05) is 6.54 Å². The maximum absolute atomic E-state index is 6.19. The summed E-state index contributed by atoms with van der Waals surface area (Å²) in [7, 11) is 0. The summed E-state index contributed by atoms with van der Waals surface area (Å²) < 4.78 is 0. The molecule has 0 aliphatic carbocycles. The van der Waals surface area contributed by atoms with Crippen molar-refractivity contribution in [2.24, 2.45) is 0 Å². The molecule has 2 rings (SSSR count). The summed E-state index contributed by atoms with van der Waals surface area (Å²) in [5, 5.41) is 4.34. The summed E-state index contributed by atoms with van der Waals surface area (Å²) in [5.41, 5.74) is 4.97. The monoisotopic (exact) mass is 273 g/mol. The summed E-state index contributed by atoms with van der Waals surface area (Å²) in [6.07, 6.45) is 0. The Labute approximate surface area is 120 Å². The largest absolute Gasteiger partial charge is 0.307 e. The fourth-order valence-electron chi connectivity index (χ4n) is 2.41. The van der Waals surface area contributed by atoms with Crippen LogP contribution in [0, 0.1) is 13.8 Å². The minimum Gasteiger partial charge on any atom is -0.307 e. The van der Waals surface area contributed by atoms with E-state index in [9.17, 15) is 0 Å². The van der Waals surface area contributed by atoms with E-state index in [4.69, 9.17) is 11.6 Å². The first-order valence-corrected chi connectivity index (χ1v) is 7.05. The number of hydrogen-bond donors (Lipinski definition) is 1. The van der Waals surface area contributed by atoms with E-state index < -0.39 is 0 Å². The van der Waals surface area contributed by atoms with Gasteiger partial charge in [-0.3, -0.25) is 0 Å². The lowest BCUT2D eigenvalue weighted by Crippen LogP contribution is -2.22. The zero-order valence-corrected chi connectivity index (χ0v) is 12.5. The number of benzene rings is 2. The number of halogens is 1. The van der Waals surface area contributed by atoms with Crippen LogP contribution in [0.15, 0.2) is 42.5 Å². The van der Waals surface area contributed by atoms with Gasteiger partial charge >= 0.3 is 0 Å². The molecule has 1 N–H and O–H groups in total. The Bertz CT molecular complexity index is 543. The molecular weight excluding hydrogens is 254 g/mol. The second-order valence-electron chi connectivity index (χ2n) is 4.97. The first kappa shape index (κ1) is 14.1. The average Bonchev–Trinajstić information content (AvgIpc) is 2.34. The minimum absolute atomic E-state index is 0.197. The molecule has 2 aromatic carbocycles. The summed E-state index contributed by atoms with van der Waals surface area (Å²) in [6.45, 7) is 7.24. The van der Waals surface area contributed by atoms with E-state index in [-0.39, 0.29) is 6.04 Å². The minimum atomic E-state index is 0.197. The molecule has 0 aliphatic rings. The maximum atomic E-state index is 6.19. The van der Waals surface area contributed by atoms with Gasteiger partial charge in [0, 0.05) is 5.02 Å². The maximum Gasteiger partial charge on any atom is 0.0577 e. The van der Waals surface area contributed by atoms with Crippen molar-refractivity contribution in [3.8, 4) is 0 Å². The lowest BCUT2D eigenvalue weighted by molar-refractivity contribution is 0.630. The molecule has 0 bridgehead atoms. The molecule has 0 radical (unpaired) electrons. The topological polar surface area (TPSA) is 12.0 Å². The van der Waals surface area contributed by atoms with Gasteiger partial charge in [-0.15, -0.1) is 0 Å². The number of aryl methyl sites for hydroxylation is 2. The molecule has 0 saturated heterocycles. The zero-order chi connectivity index (χ0) is 13.8. The van der Waals surface area contributed by atoms with Crippen LogP contribution in [-0.2, 0) is 0 Å². The lowest BCUT2D eigenvalue weighted by Gasteiger charge is -2.20. The summed E-state index contributed by atoms with van der Waals surface area (Å²) >= 11 is 6.19. The SMILES string of the molecule is CCNC(c1cccc(C)c1)c1cc(C)cc(Cl)c1. The third-order valence-corrected chi connectivity index (χ3v) is 3.40. The van der Waals surface area contributed by atoms with Gasteiger partial charge in [0.15, 0.2) is 0 Å². The fourth-order valence-corrected chi connectivity index (χ4v) is 2.71. The molecular formula is C17H20ClN. The third-order valence-electron chi connectivity index (χ3n) is 3.18.